The van der Waals surface area contributed by atoms with Gasteiger partial charge in [0.2, 0.25) is 0 Å². The molecule has 1 heterocycles. The van der Waals surface area contributed by atoms with Crippen LogP contribution in [0.15, 0.2) is 35.4 Å². The molecule has 1 fully saturated rings. The first-order valence-electron chi connectivity index (χ1n) is 6.44. The molecule has 1 aromatic carbocycles. The molecule has 2 rings (SSSR count). The smallest absolute Gasteiger partial charge is 0.317 e. The molecular weight excluding hydrogens is 258 g/mol. The number of rotatable bonds is 4. The maximum Gasteiger partial charge on any atom is 0.317 e. The van der Waals surface area contributed by atoms with Crippen molar-refractivity contribution in [2.24, 2.45) is 11.0 Å². The van der Waals surface area contributed by atoms with E-state index in [2.05, 4.69) is 10.5 Å². The van der Waals surface area contributed by atoms with E-state index in [-0.39, 0.29) is 18.2 Å². The highest BCUT2D eigenvalue weighted by molar-refractivity contribution is 6.44. The maximum atomic E-state index is 12.0. The molecule has 0 bridgehead atoms. The predicted molar refractivity (Wildman–Crippen MR) is 75.3 cm³/mol. The largest absolute Gasteiger partial charge is 0.465 e. The number of anilines is 1. The fraction of sp³-hybridized carbons (Fsp3) is 0.357. The zero-order chi connectivity index (χ0) is 14.5. The van der Waals surface area contributed by atoms with Gasteiger partial charge >= 0.3 is 5.97 Å². The van der Waals surface area contributed by atoms with Crippen LogP contribution in [0.25, 0.3) is 0 Å². The van der Waals surface area contributed by atoms with Crippen molar-refractivity contribution in [3.8, 4) is 0 Å². The fourth-order valence-electron chi connectivity index (χ4n) is 1.98. The number of esters is 1. The van der Waals surface area contributed by atoms with Gasteiger partial charge in [0.15, 0.2) is 0 Å². The van der Waals surface area contributed by atoms with Crippen molar-refractivity contribution in [3.05, 3.63) is 30.3 Å². The molecule has 0 unspecified atom stereocenters. The van der Waals surface area contributed by atoms with E-state index < -0.39 is 11.9 Å². The van der Waals surface area contributed by atoms with Crippen LogP contribution in [0.4, 0.5) is 5.69 Å². The Bertz CT molecular complexity index is 528. The van der Waals surface area contributed by atoms with Gasteiger partial charge in [-0.15, -0.1) is 0 Å². The first-order valence-corrected chi connectivity index (χ1v) is 6.44. The van der Waals surface area contributed by atoms with E-state index >= 15 is 0 Å². The van der Waals surface area contributed by atoms with Crippen molar-refractivity contribution in [3.63, 3.8) is 0 Å². The number of likely N-dealkylation sites (tertiary alicyclic amines) is 1. The number of ether oxygens (including phenoxy) is 1. The second-order valence-electron chi connectivity index (χ2n) is 4.47. The topological polar surface area (TPSA) is 71.0 Å². The lowest BCUT2D eigenvalue weighted by Gasteiger charge is -2.08. The van der Waals surface area contributed by atoms with Crippen LogP contribution in [0, 0.1) is 5.92 Å². The van der Waals surface area contributed by atoms with E-state index in [9.17, 15) is 9.59 Å². The quantitative estimate of drug-likeness (QED) is 0.660. The van der Waals surface area contributed by atoms with Gasteiger partial charge in [0.25, 0.3) is 5.91 Å². The van der Waals surface area contributed by atoms with E-state index in [1.54, 1.807) is 14.0 Å². The summed E-state index contributed by atoms with van der Waals surface area (Å²) < 4.78 is 4.98. The van der Waals surface area contributed by atoms with Crippen LogP contribution in [0.2, 0.25) is 0 Å². The lowest BCUT2D eigenvalue weighted by Crippen LogP contribution is -2.27. The second kappa shape index (κ2) is 6.18. The summed E-state index contributed by atoms with van der Waals surface area (Å²) in [6.07, 6.45) is 0. The van der Waals surface area contributed by atoms with E-state index in [4.69, 9.17) is 4.74 Å². The van der Waals surface area contributed by atoms with Gasteiger partial charge in [-0.1, -0.05) is 18.2 Å². The molecule has 6 heteroatoms. The fourth-order valence-corrected chi connectivity index (χ4v) is 1.98. The van der Waals surface area contributed by atoms with Crippen LogP contribution in [0.1, 0.15) is 6.92 Å². The summed E-state index contributed by atoms with van der Waals surface area (Å²) in [5, 5.41) is 4.08. The summed E-state index contributed by atoms with van der Waals surface area (Å²) in [4.78, 5) is 25.3. The van der Waals surface area contributed by atoms with Crippen molar-refractivity contribution in [2.75, 3.05) is 25.6 Å². The highest BCUT2D eigenvalue weighted by Crippen LogP contribution is 2.16. The van der Waals surface area contributed by atoms with E-state index in [1.165, 1.54) is 4.90 Å². The molecule has 106 valence electrons. The summed E-state index contributed by atoms with van der Waals surface area (Å²) in [5.74, 6) is -1.31. The lowest BCUT2D eigenvalue weighted by atomic mass is 10.1. The third-order valence-electron chi connectivity index (χ3n) is 3.00. The molecule has 0 aliphatic carbocycles. The van der Waals surface area contributed by atoms with Crippen LogP contribution in [0.3, 0.4) is 0 Å². The van der Waals surface area contributed by atoms with E-state index in [0.29, 0.717) is 6.54 Å². The highest BCUT2D eigenvalue weighted by Gasteiger charge is 2.40. The molecule has 1 saturated heterocycles. The third kappa shape index (κ3) is 2.96. The molecule has 1 atom stereocenters. The minimum Gasteiger partial charge on any atom is -0.465 e. The molecule has 0 aromatic heterocycles. The number of carbonyl (C=O) groups excluding carboxylic acids is 2. The number of para-hydroxylation sites is 1. The molecule has 20 heavy (non-hydrogen) atoms. The summed E-state index contributed by atoms with van der Waals surface area (Å²) >= 11 is 0. The van der Waals surface area contributed by atoms with Gasteiger partial charge in [-0.2, -0.15) is 5.10 Å². The number of carbonyl (C=O) groups is 2. The van der Waals surface area contributed by atoms with Crippen molar-refractivity contribution in [1.29, 1.82) is 0 Å². The molecule has 0 spiro atoms. The normalized spacial score (nSPS) is 20.3. The molecule has 0 radical (unpaired) electrons. The number of benzene rings is 1. The Morgan fingerprint density at radius 2 is 2.15 bits per heavy atom. The van der Waals surface area contributed by atoms with E-state index in [1.807, 2.05) is 30.3 Å². The van der Waals surface area contributed by atoms with Gasteiger partial charge in [-0.25, -0.2) is 0 Å². The lowest BCUT2D eigenvalue weighted by molar-refractivity contribution is -0.145. The van der Waals surface area contributed by atoms with Gasteiger partial charge < -0.3 is 9.64 Å². The second-order valence-corrected chi connectivity index (χ2v) is 4.47. The number of hydrogen-bond acceptors (Lipinski definition) is 5. The Kier molecular flexibility index (Phi) is 4.34. The van der Waals surface area contributed by atoms with Crippen LogP contribution in [0.5, 0.6) is 0 Å². The average Bonchev–Trinajstić information content (AvgIpc) is 2.74. The third-order valence-corrected chi connectivity index (χ3v) is 3.00. The van der Waals surface area contributed by atoms with E-state index in [0.717, 1.165) is 5.69 Å². The van der Waals surface area contributed by atoms with Crippen LogP contribution in [-0.4, -0.2) is 42.7 Å². The van der Waals surface area contributed by atoms with Gasteiger partial charge in [0, 0.05) is 13.6 Å². The van der Waals surface area contributed by atoms with Crippen LogP contribution < -0.4 is 5.43 Å². The number of nitrogens with one attached hydrogen (secondary N) is 1. The Balaban J connectivity index is 2.17. The minimum atomic E-state index is -0.635. The molecule has 6 nitrogen and oxygen atoms in total. The molecule has 1 N–H and O–H groups in total. The minimum absolute atomic E-state index is 0.190. The average molecular weight is 275 g/mol. The first-order chi connectivity index (χ1) is 9.63. The van der Waals surface area contributed by atoms with Crippen molar-refractivity contribution in [1.82, 2.24) is 4.90 Å². The first kappa shape index (κ1) is 14.0. The molecule has 1 aliphatic heterocycles. The molecular formula is C14H17N3O3. The van der Waals surface area contributed by atoms with Crippen molar-refractivity contribution in [2.45, 2.75) is 6.92 Å². The monoisotopic (exact) mass is 275 g/mol. The maximum absolute atomic E-state index is 12.0. The van der Waals surface area contributed by atoms with Crippen molar-refractivity contribution >= 4 is 23.3 Å². The van der Waals surface area contributed by atoms with Gasteiger partial charge in [-0.05, 0) is 19.1 Å². The zero-order valence-electron chi connectivity index (χ0n) is 11.5. The molecule has 1 aromatic rings. The van der Waals surface area contributed by atoms with Gasteiger partial charge in [-0.3, -0.25) is 15.0 Å². The number of nitrogens with zero attached hydrogens (tertiary/aromatic N) is 2. The number of hydrazone groups is 1. The summed E-state index contributed by atoms with van der Waals surface area (Å²) in [5.41, 5.74) is 3.74. The Morgan fingerprint density at radius 1 is 1.45 bits per heavy atom. The van der Waals surface area contributed by atoms with Crippen LogP contribution >= 0.6 is 0 Å². The Hall–Kier alpha value is -2.37. The van der Waals surface area contributed by atoms with Crippen molar-refractivity contribution < 1.29 is 14.3 Å². The molecule has 0 saturated carbocycles. The SMILES string of the molecule is CCOC(=O)[C@H]1CN(C)C(=O)/C1=N/Nc1ccccc1. The number of hydrogen-bond donors (Lipinski definition) is 1. The summed E-state index contributed by atoms with van der Waals surface area (Å²) in [6, 6.07) is 9.25. The standard InChI is InChI=1S/C14H17N3O3/c1-3-20-14(19)11-9-17(2)13(18)12(11)16-15-10-7-5-4-6-8-10/h4-8,11,15H,3,9H2,1-2H3/b16-12+/t11-/m0/s1. The van der Waals surface area contributed by atoms with Gasteiger partial charge in [0.05, 0.1) is 12.3 Å². The Labute approximate surface area is 117 Å². The summed E-state index contributed by atoms with van der Waals surface area (Å²) in [7, 11) is 1.64. The zero-order valence-corrected chi connectivity index (χ0v) is 11.5. The molecule has 1 amide bonds. The van der Waals surface area contributed by atoms with Gasteiger partial charge in [0.1, 0.15) is 11.6 Å². The number of amides is 1. The predicted octanol–water partition coefficient (Wildman–Crippen LogP) is 1.11. The highest BCUT2D eigenvalue weighted by atomic mass is 16.5. The van der Waals surface area contributed by atoms with Crippen LogP contribution in [-0.2, 0) is 14.3 Å². The summed E-state index contributed by atoms with van der Waals surface area (Å²) in [6.45, 7) is 2.32. The molecule has 1 aliphatic rings. The Morgan fingerprint density at radius 3 is 2.80 bits per heavy atom.